The van der Waals surface area contributed by atoms with Gasteiger partial charge in [0.1, 0.15) is 0 Å². The van der Waals surface area contributed by atoms with Crippen LogP contribution in [0.5, 0.6) is 0 Å². The molecule has 2 aromatic carbocycles. The quantitative estimate of drug-likeness (QED) is 0.474. The van der Waals surface area contributed by atoms with Crippen LogP contribution in [0.25, 0.3) is 0 Å². The van der Waals surface area contributed by atoms with Crippen molar-refractivity contribution < 1.29 is 0 Å². The van der Waals surface area contributed by atoms with Crippen LogP contribution in [0.15, 0.2) is 66.2 Å². The Morgan fingerprint density at radius 2 is 1.93 bits per heavy atom. The van der Waals surface area contributed by atoms with Crippen molar-refractivity contribution in [1.82, 2.24) is 14.9 Å². The summed E-state index contributed by atoms with van der Waals surface area (Å²) in [5.74, 6) is 0.371. The van der Waals surface area contributed by atoms with Crippen LogP contribution < -0.4 is 11.1 Å². The van der Waals surface area contributed by atoms with E-state index < -0.39 is 0 Å². The highest BCUT2D eigenvalue weighted by Crippen LogP contribution is 2.25. The fraction of sp³-hybridized carbons (Fsp3) is 0.200. The SMILES string of the molecule is CC(NC(N)=NCc1ccc(Cn2ccnc2)cc1)c1ccc(Cl)cc1Cl. The van der Waals surface area contributed by atoms with Crippen molar-refractivity contribution in [3.8, 4) is 0 Å². The number of hydrogen-bond donors (Lipinski definition) is 2. The maximum Gasteiger partial charge on any atom is 0.189 e. The molecule has 0 bridgehead atoms. The third-order valence-electron chi connectivity index (χ3n) is 4.17. The molecule has 0 radical (unpaired) electrons. The monoisotopic (exact) mass is 401 g/mol. The lowest BCUT2D eigenvalue weighted by Crippen LogP contribution is -2.34. The van der Waals surface area contributed by atoms with Crippen LogP contribution in [0.3, 0.4) is 0 Å². The summed E-state index contributed by atoms with van der Waals surface area (Å²) >= 11 is 12.2. The molecule has 0 aliphatic heterocycles. The molecule has 0 saturated carbocycles. The molecular weight excluding hydrogens is 381 g/mol. The summed E-state index contributed by atoms with van der Waals surface area (Å²) in [7, 11) is 0. The van der Waals surface area contributed by atoms with Gasteiger partial charge in [-0.3, -0.25) is 0 Å². The first-order valence-electron chi connectivity index (χ1n) is 8.56. The number of halogens is 2. The van der Waals surface area contributed by atoms with Gasteiger partial charge >= 0.3 is 0 Å². The van der Waals surface area contributed by atoms with E-state index in [2.05, 4.69) is 39.6 Å². The molecule has 5 nitrogen and oxygen atoms in total. The number of hydrogen-bond acceptors (Lipinski definition) is 2. The largest absolute Gasteiger partial charge is 0.370 e. The molecule has 0 aliphatic rings. The number of aliphatic imine (C=N–C) groups is 1. The molecule has 7 heteroatoms. The molecule has 1 unspecified atom stereocenters. The second-order valence-electron chi connectivity index (χ2n) is 6.28. The Bertz CT molecular complexity index is 905. The molecule has 0 amide bonds. The summed E-state index contributed by atoms with van der Waals surface area (Å²) < 4.78 is 2.03. The molecule has 27 heavy (non-hydrogen) atoms. The average molecular weight is 402 g/mol. The van der Waals surface area contributed by atoms with E-state index in [1.807, 2.05) is 23.8 Å². The number of nitrogens with zero attached hydrogens (tertiary/aromatic N) is 3. The summed E-state index contributed by atoms with van der Waals surface area (Å²) in [4.78, 5) is 8.46. The number of guanidine groups is 1. The molecule has 3 rings (SSSR count). The first kappa shape index (κ1) is 19.3. The summed E-state index contributed by atoms with van der Waals surface area (Å²) in [6.07, 6.45) is 5.52. The highest BCUT2D eigenvalue weighted by Gasteiger charge is 2.10. The Morgan fingerprint density at radius 3 is 2.59 bits per heavy atom. The summed E-state index contributed by atoms with van der Waals surface area (Å²) in [6, 6.07) is 13.6. The standard InChI is InChI=1S/C20H21Cl2N5/c1-14(18-7-6-17(21)10-19(18)22)26-20(23)25-11-15-2-4-16(5-3-15)12-27-9-8-24-13-27/h2-10,13-14H,11-12H2,1H3,(H3,23,25,26). The van der Waals surface area contributed by atoms with Crippen LogP contribution in [0, 0.1) is 0 Å². The Balaban J connectivity index is 1.56. The van der Waals surface area contributed by atoms with Crippen LogP contribution in [0.1, 0.15) is 29.7 Å². The number of imidazole rings is 1. The number of aromatic nitrogens is 2. The van der Waals surface area contributed by atoms with E-state index in [1.165, 1.54) is 5.56 Å². The van der Waals surface area contributed by atoms with Gasteiger partial charge in [0.2, 0.25) is 0 Å². The topological polar surface area (TPSA) is 68.2 Å². The Labute approximate surface area is 168 Å². The zero-order valence-corrected chi connectivity index (χ0v) is 16.5. The maximum atomic E-state index is 6.24. The number of rotatable bonds is 6. The third kappa shape index (κ3) is 5.49. The van der Waals surface area contributed by atoms with Gasteiger partial charge in [0.25, 0.3) is 0 Å². The van der Waals surface area contributed by atoms with Crippen LogP contribution in [-0.4, -0.2) is 15.5 Å². The highest BCUT2D eigenvalue weighted by molar-refractivity contribution is 6.35. The predicted octanol–water partition coefficient (Wildman–Crippen LogP) is 4.40. The van der Waals surface area contributed by atoms with E-state index >= 15 is 0 Å². The normalized spacial score (nSPS) is 12.8. The lowest BCUT2D eigenvalue weighted by atomic mass is 10.1. The van der Waals surface area contributed by atoms with E-state index in [9.17, 15) is 0 Å². The molecular formula is C20H21Cl2N5. The van der Waals surface area contributed by atoms with Gasteiger partial charge in [-0.25, -0.2) is 9.98 Å². The molecule has 0 aliphatic carbocycles. The molecule has 1 heterocycles. The van der Waals surface area contributed by atoms with Crippen LogP contribution in [0.4, 0.5) is 0 Å². The van der Waals surface area contributed by atoms with E-state index in [4.69, 9.17) is 28.9 Å². The molecule has 3 N–H and O–H groups in total. The van der Waals surface area contributed by atoms with E-state index in [-0.39, 0.29) is 6.04 Å². The van der Waals surface area contributed by atoms with Crippen molar-refractivity contribution in [3.63, 3.8) is 0 Å². The minimum Gasteiger partial charge on any atom is -0.370 e. The van der Waals surface area contributed by atoms with Gasteiger partial charge in [-0.2, -0.15) is 0 Å². The van der Waals surface area contributed by atoms with Gasteiger partial charge in [-0.1, -0.05) is 53.5 Å². The summed E-state index contributed by atoms with van der Waals surface area (Å²) in [5, 5.41) is 4.36. The lowest BCUT2D eigenvalue weighted by Gasteiger charge is -2.16. The highest BCUT2D eigenvalue weighted by atomic mass is 35.5. The zero-order valence-electron chi connectivity index (χ0n) is 14.9. The Kier molecular flexibility index (Phi) is 6.37. The van der Waals surface area contributed by atoms with Crippen molar-refractivity contribution in [2.75, 3.05) is 0 Å². The first-order chi connectivity index (χ1) is 13.0. The maximum absolute atomic E-state index is 6.24. The zero-order chi connectivity index (χ0) is 19.2. The van der Waals surface area contributed by atoms with Crippen LogP contribution >= 0.6 is 23.2 Å². The Hall–Kier alpha value is -2.50. The molecule has 0 fully saturated rings. The van der Waals surface area contributed by atoms with Gasteiger partial charge in [-0.05, 0) is 35.7 Å². The first-order valence-corrected chi connectivity index (χ1v) is 9.32. The minimum absolute atomic E-state index is 0.0731. The number of benzene rings is 2. The second-order valence-corrected chi connectivity index (χ2v) is 7.13. The van der Waals surface area contributed by atoms with Crippen molar-refractivity contribution in [2.24, 2.45) is 10.7 Å². The van der Waals surface area contributed by atoms with Crippen molar-refractivity contribution >= 4 is 29.2 Å². The van der Waals surface area contributed by atoms with Gasteiger partial charge in [0.15, 0.2) is 5.96 Å². The fourth-order valence-corrected chi connectivity index (χ4v) is 3.29. The van der Waals surface area contributed by atoms with Gasteiger partial charge < -0.3 is 15.6 Å². The van der Waals surface area contributed by atoms with Crippen molar-refractivity contribution in [3.05, 3.63) is 87.9 Å². The van der Waals surface area contributed by atoms with E-state index in [0.717, 1.165) is 17.7 Å². The van der Waals surface area contributed by atoms with Gasteiger partial charge in [-0.15, -0.1) is 0 Å². The molecule has 140 valence electrons. The summed E-state index contributed by atoms with van der Waals surface area (Å²) in [6.45, 7) is 3.28. The van der Waals surface area contributed by atoms with Crippen LogP contribution in [-0.2, 0) is 13.1 Å². The molecule has 0 spiro atoms. The molecule has 0 saturated heterocycles. The average Bonchev–Trinajstić information content (AvgIpc) is 3.14. The molecule has 3 aromatic rings. The molecule has 1 aromatic heterocycles. The van der Waals surface area contributed by atoms with E-state index in [0.29, 0.717) is 22.5 Å². The molecule has 1 atom stereocenters. The van der Waals surface area contributed by atoms with Crippen LogP contribution in [0.2, 0.25) is 10.0 Å². The van der Waals surface area contributed by atoms with E-state index in [1.54, 1.807) is 24.7 Å². The summed E-state index contributed by atoms with van der Waals surface area (Å²) in [5.41, 5.74) is 9.23. The lowest BCUT2D eigenvalue weighted by molar-refractivity contribution is 0.708. The third-order valence-corrected chi connectivity index (χ3v) is 4.74. The number of nitrogens with two attached hydrogens (primary N) is 1. The second kappa shape index (κ2) is 8.93. The van der Waals surface area contributed by atoms with Crippen molar-refractivity contribution in [2.45, 2.75) is 26.1 Å². The fourth-order valence-electron chi connectivity index (χ4n) is 2.72. The van der Waals surface area contributed by atoms with Crippen molar-refractivity contribution in [1.29, 1.82) is 0 Å². The van der Waals surface area contributed by atoms with Gasteiger partial charge in [0, 0.05) is 29.0 Å². The number of nitrogens with one attached hydrogen (secondary N) is 1. The Morgan fingerprint density at radius 1 is 1.19 bits per heavy atom. The smallest absolute Gasteiger partial charge is 0.189 e. The predicted molar refractivity (Wildman–Crippen MR) is 111 cm³/mol. The van der Waals surface area contributed by atoms with Gasteiger partial charge in [0.05, 0.1) is 18.9 Å². The minimum atomic E-state index is -0.0731.